The number of nitrogens with one attached hydrogen (secondary N) is 1. The topological polar surface area (TPSA) is 64.4 Å². The number of rotatable bonds is 4. The Hall–Kier alpha value is -1.78. The molecule has 1 aromatic rings. The smallest absolute Gasteiger partial charge is 0.333 e. The van der Waals surface area contributed by atoms with Crippen LogP contribution in [0.15, 0.2) is 18.2 Å². The van der Waals surface area contributed by atoms with Crippen LogP contribution in [0.1, 0.15) is 38.5 Å². The van der Waals surface area contributed by atoms with Gasteiger partial charge in [-0.1, -0.05) is 18.9 Å². The first kappa shape index (κ1) is 13.6. The highest BCUT2D eigenvalue weighted by molar-refractivity contribution is 5.68. The van der Waals surface area contributed by atoms with Crippen molar-refractivity contribution < 1.29 is 9.66 Å². The average molecular weight is 264 g/mol. The third kappa shape index (κ3) is 3.36. The quantitative estimate of drug-likeness (QED) is 0.511. The van der Waals surface area contributed by atoms with E-state index >= 15 is 0 Å². The Morgan fingerprint density at radius 2 is 1.95 bits per heavy atom. The zero-order valence-electron chi connectivity index (χ0n) is 11.2. The van der Waals surface area contributed by atoms with Gasteiger partial charge in [-0.05, 0) is 37.8 Å². The maximum atomic E-state index is 11.2. The van der Waals surface area contributed by atoms with Crippen molar-refractivity contribution >= 4 is 11.4 Å². The summed E-state index contributed by atoms with van der Waals surface area (Å²) in [6, 6.07) is 5.16. The molecule has 0 amide bonds. The lowest BCUT2D eigenvalue weighted by Crippen LogP contribution is -2.16. The van der Waals surface area contributed by atoms with E-state index in [1.165, 1.54) is 12.8 Å². The lowest BCUT2D eigenvalue weighted by atomic mass is 10.1. The van der Waals surface area contributed by atoms with Crippen molar-refractivity contribution in [2.24, 2.45) is 0 Å². The van der Waals surface area contributed by atoms with Crippen LogP contribution >= 0.6 is 0 Å². The number of anilines is 1. The summed E-state index contributed by atoms with van der Waals surface area (Å²) in [5, 5.41) is 14.0. The molecule has 0 unspecified atom stereocenters. The summed E-state index contributed by atoms with van der Waals surface area (Å²) in [5.41, 5.74) is 0.533. The van der Waals surface area contributed by atoms with E-state index in [2.05, 4.69) is 5.32 Å². The van der Waals surface area contributed by atoms with Crippen LogP contribution in [0.5, 0.6) is 5.75 Å². The van der Waals surface area contributed by atoms with Crippen molar-refractivity contribution in [3.05, 3.63) is 28.3 Å². The molecular formula is C14H20N2O3. The molecule has 0 atom stereocenters. The van der Waals surface area contributed by atoms with Crippen molar-refractivity contribution in [1.82, 2.24) is 0 Å². The van der Waals surface area contributed by atoms with E-state index < -0.39 is 0 Å². The summed E-state index contributed by atoms with van der Waals surface area (Å²) in [4.78, 5) is 10.8. The van der Waals surface area contributed by atoms with Crippen LogP contribution in [0.4, 0.5) is 11.4 Å². The molecule has 104 valence electrons. The molecule has 0 aromatic heterocycles. The van der Waals surface area contributed by atoms with Crippen molar-refractivity contribution in [2.75, 3.05) is 12.4 Å². The first-order valence-electron chi connectivity index (χ1n) is 6.84. The summed E-state index contributed by atoms with van der Waals surface area (Å²) in [6.07, 6.45) is 6.83. The summed E-state index contributed by atoms with van der Waals surface area (Å²) >= 11 is 0. The molecule has 5 heteroatoms. The van der Waals surface area contributed by atoms with Crippen molar-refractivity contribution in [3.63, 3.8) is 0 Å². The first-order valence-corrected chi connectivity index (χ1v) is 6.84. The molecule has 0 radical (unpaired) electrons. The minimum atomic E-state index is -0.377. The minimum Gasteiger partial charge on any atom is -0.483 e. The summed E-state index contributed by atoms with van der Waals surface area (Å²) < 4.78 is 5.89. The molecular weight excluding hydrogens is 244 g/mol. The van der Waals surface area contributed by atoms with Crippen LogP contribution in [-0.2, 0) is 0 Å². The Labute approximate surface area is 113 Å². The second-order valence-electron chi connectivity index (χ2n) is 4.89. The molecule has 1 aliphatic rings. The Bertz CT molecular complexity index is 440. The molecule has 0 bridgehead atoms. The van der Waals surface area contributed by atoms with E-state index in [0.29, 0.717) is 11.4 Å². The van der Waals surface area contributed by atoms with Gasteiger partial charge in [0.05, 0.1) is 11.0 Å². The molecule has 0 spiro atoms. The van der Waals surface area contributed by atoms with Gasteiger partial charge in [-0.25, -0.2) is 0 Å². The number of nitro benzene ring substituents is 1. The van der Waals surface area contributed by atoms with Crippen LogP contribution in [-0.4, -0.2) is 18.1 Å². The predicted octanol–water partition coefficient (Wildman–Crippen LogP) is 3.74. The Morgan fingerprint density at radius 3 is 2.53 bits per heavy atom. The molecule has 2 rings (SSSR count). The van der Waals surface area contributed by atoms with Gasteiger partial charge in [-0.2, -0.15) is 0 Å². The molecule has 0 heterocycles. The van der Waals surface area contributed by atoms with Crippen molar-refractivity contribution in [3.8, 4) is 5.75 Å². The van der Waals surface area contributed by atoms with Crippen molar-refractivity contribution in [1.29, 1.82) is 0 Å². The zero-order chi connectivity index (χ0) is 13.7. The number of nitro groups is 1. The van der Waals surface area contributed by atoms with Gasteiger partial charge in [0.2, 0.25) is 0 Å². The van der Waals surface area contributed by atoms with Crippen LogP contribution in [0.25, 0.3) is 0 Å². The SMILES string of the molecule is CNc1cccc(OC2CCCCCC2)c1[N+](=O)[O-]. The molecule has 5 nitrogen and oxygen atoms in total. The Morgan fingerprint density at radius 1 is 1.26 bits per heavy atom. The highest BCUT2D eigenvalue weighted by Gasteiger charge is 2.23. The van der Waals surface area contributed by atoms with E-state index in [9.17, 15) is 10.1 Å². The van der Waals surface area contributed by atoms with Gasteiger partial charge in [0.15, 0.2) is 5.75 Å². The van der Waals surface area contributed by atoms with Crippen LogP contribution in [0, 0.1) is 10.1 Å². The second-order valence-corrected chi connectivity index (χ2v) is 4.89. The fourth-order valence-electron chi connectivity index (χ4n) is 2.55. The largest absolute Gasteiger partial charge is 0.483 e. The molecule has 1 aliphatic carbocycles. The van der Waals surface area contributed by atoms with Crippen LogP contribution in [0.2, 0.25) is 0 Å². The van der Waals surface area contributed by atoms with Gasteiger partial charge in [0.1, 0.15) is 5.69 Å². The Balaban J connectivity index is 2.21. The van der Waals surface area contributed by atoms with Crippen LogP contribution < -0.4 is 10.1 Å². The monoisotopic (exact) mass is 264 g/mol. The minimum absolute atomic E-state index is 0.0363. The molecule has 1 N–H and O–H groups in total. The van der Waals surface area contributed by atoms with Gasteiger partial charge >= 0.3 is 5.69 Å². The van der Waals surface area contributed by atoms with E-state index in [0.717, 1.165) is 25.7 Å². The molecule has 1 saturated carbocycles. The molecule has 1 fully saturated rings. The van der Waals surface area contributed by atoms with Gasteiger partial charge in [-0.3, -0.25) is 10.1 Å². The lowest BCUT2D eigenvalue weighted by molar-refractivity contribution is -0.385. The molecule has 19 heavy (non-hydrogen) atoms. The molecule has 0 saturated heterocycles. The highest BCUT2D eigenvalue weighted by Crippen LogP contribution is 2.36. The van der Waals surface area contributed by atoms with Gasteiger partial charge in [0.25, 0.3) is 0 Å². The van der Waals surface area contributed by atoms with E-state index in [4.69, 9.17) is 4.74 Å². The second kappa shape index (κ2) is 6.41. The first-order chi connectivity index (χ1) is 9.22. The number of ether oxygens (including phenoxy) is 1. The summed E-state index contributed by atoms with van der Waals surface area (Å²) in [5.74, 6) is 0.378. The Kier molecular flexibility index (Phi) is 4.60. The molecule has 1 aromatic carbocycles. The average Bonchev–Trinajstić information content (AvgIpc) is 2.66. The zero-order valence-corrected chi connectivity index (χ0v) is 11.2. The third-order valence-electron chi connectivity index (χ3n) is 3.55. The summed E-state index contributed by atoms with van der Waals surface area (Å²) in [6.45, 7) is 0. The summed E-state index contributed by atoms with van der Waals surface area (Å²) in [7, 11) is 1.68. The fourth-order valence-corrected chi connectivity index (χ4v) is 2.55. The lowest BCUT2D eigenvalue weighted by Gasteiger charge is -2.17. The maximum Gasteiger partial charge on any atom is 0.333 e. The van der Waals surface area contributed by atoms with E-state index in [-0.39, 0.29) is 16.7 Å². The van der Waals surface area contributed by atoms with Gasteiger partial charge < -0.3 is 10.1 Å². The number of hydrogen-bond donors (Lipinski definition) is 1. The standard InChI is InChI=1S/C14H20N2O3/c1-15-12-9-6-10-13(14(12)16(17)18)19-11-7-4-2-3-5-8-11/h6,9-11,15H,2-5,7-8H2,1H3. The number of nitrogens with zero attached hydrogens (tertiary/aromatic N) is 1. The van der Waals surface area contributed by atoms with Crippen molar-refractivity contribution in [2.45, 2.75) is 44.6 Å². The number of hydrogen-bond acceptors (Lipinski definition) is 4. The maximum absolute atomic E-state index is 11.2. The normalized spacial score (nSPS) is 16.7. The van der Waals surface area contributed by atoms with Gasteiger partial charge in [-0.15, -0.1) is 0 Å². The number of benzene rings is 1. The van der Waals surface area contributed by atoms with Crippen LogP contribution in [0.3, 0.4) is 0 Å². The van der Waals surface area contributed by atoms with E-state index in [1.54, 1.807) is 25.2 Å². The highest BCUT2D eigenvalue weighted by atomic mass is 16.6. The third-order valence-corrected chi connectivity index (χ3v) is 3.55. The van der Waals surface area contributed by atoms with E-state index in [1.807, 2.05) is 0 Å². The molecule has 0 aliphatic heterocycles. The fraction of sp³-hybridized carbons (Fsp3) is 0.571. The van der Waals surface area contributed by atoms with Gasteiger partial charge in [0, 0.05) is 7.05 Å². The number of para-hydroxylation sites is 1. The predicted molar refractivity (Wildman–Crippen MR) is 74.8 cm³/mol.